The van der Waals surface area contributed by atoms with Crippen molar-refractivity contribution in [3.05, 3.63) is 66.1 Å². The van der Waals surface area contributed by atoms with E-state index in [1.165, 1.54) is 7.11 Å². The number of morpholine rings is 1. The van der Waals surface area contributed by atoms with Crippen LogP contribution in [0, 0.1) is 0 Å². The molecule has 0 radical (unpaired) electrons. The molecule has 4 aromatic rings. The Labute approximate surface area is 218 Å². The topological polar surface area (TPSA) is 147 Å². The molecule has 38 heavy (non-hydrogen) atoms. The van der Waals surface area contributed by atoms with Crippen molar-refractivity contribution >= 4 is 34.4 Å². The molecule has 196 valence electrons. The predicted octanol–water partition coefficient (Wildman–Crippen LogP) is 2.20. The van der Waals surface area contributed by atoms with Gasteiger partial charge in [0.1, 0.15) is 41.3 Å². The number of rotatable bonds is 7. The van der Waals surface area contributed by atoms with E-state index in [1.807, 2.05) is 6.07 Å². The van der Waals surface area contributed by atoms with Gasteiger partial charge in [-0.3, -0.25) is 9.59 Å². The number of ether oxygens (including phenoxy) is 3. The first-order valence-electron chi connectivity index (χ1n) is 11.9. The minimum atomic E-state index is -0.449. The van der Waals surface area contributed by atoms with Crippen molar-refractivity contribution in [3.63, 3.8) is 0 Å². The first kappa shape index (κ1) is 25.1. The van der Waals surface area contributed by atoms with Gasteiger partial charge < -0.3 is 30.2 Å². The van der Waals surface area contributed by atoms with Crippen molar-refractivity contribution in [1.29, 1.82) is 0 Å². The quantitative estimate of drug-likeness (QED) is 0.377. The van der Waals surface area contributed by atoms with Crippen LogP contribution in [0.4, 0.5) is 11.6 Å². The minimum absolute atomic E-state index is 0.00653. The maximum atomic E-state index is 12.8. The third-order valence-corrected chi connectivity index (χ3v) is 6.22. The van der Waals surface area contributed by atoms with Gasteiger partial charge in [-0.05, 0) is 36.4 Å². The fourth-order valence-electron chi connectivity index (χ4n) is 4.34. The molecule has 0 saturated carbocycles. The van der Waals surface area contributed by atoms with Crippen LogP contribution in [0.15, 0.2) is 54.9 Å². The van der Waals surface area contributed by atoms with Gasteiger partial charge in [0.15, 0.2) is 0 Å². The fourth-order valence-corrected chi connectivity index (χ4v) is 4.34. The van der Waals surface area contributed by atoms with Gasteiger partial charge in [-0.2, -0.15) is 5.10 Å². The molecular formula is C26H27N7O5. The monoisotopic (exact) mass is 517 g/mol. The molecular weight excluding hydrogens is 490 g/mol. The van der Waals surface area contributed by atoms with Crippen LogP contribution in [0.1, 0.15) is 22.2 Å². The van der Waals surface area contributed by atoms with Gasteiger partial charge in [-0.15, -0.1) is 0 Å². The molecule has 1 aliphatic heterocycles. The summed E-state index contributed by atoms with van der Waals surface area (Å²) in [5.74, 6) is 0.844. The van der Waals surface area contributed by atoms with Gasteiger partial charge in [0.05, 0.1) is 25.9 Å². The number of amides is 2. The molecule has 0 unspecified atom stereocenters. The predicted molar refractivity (Wildman–Crippen MR) is 139 cm³/mol. The molecule has 1 saturated heterocycles. The van der Waals surface area contributed by atoms with Gasteiger partial charge in [-0.25, -0.2) is 14.6 Å². The van der Waals surface area contributed by atoms with E-state index in [1.54, 1.807) is 65.5 Å². The van der Waals surface area contributed by atoms with Crippen molar-refractivity contribution in [2.75, 3.05) is 51.6 Å². The molecule has 4 heterocycles. The van der Waals surface area contributed by atoms with Gasteiger partial charge in [-0.1, -0.05) is 0 Å². The van der Waals surface area contributed by atoms with Crippen LogP contribution >= 0.6 is 0 Å². The zero-order valence-corrected chi connectivity index (χ0v) is 21.0. The Hall–Kier alpha value is -4.55. The van der Waals surface area contributed by atoms with E-state index in [0.29, 0.717) is 59.5 Å². The van der Waals surface area contributed by atoms with Gasteiger partial charge in [0, 0.05) is 43.1 Å². The Morgan fingerprint density at radius 1 is 1.13 bits per heavy atom. The lowest BCUT2D eigenvalue weighted by Crippen LogP contribution is -2.43. The van der Waals surface area contributed by atoms with Crippen molar-refractivity contribution in [2.45, 2.75) is 6.10 Å². The molecule has 0 bridgehead atoms. The molecule has 12 heteroatoms. The van der Waals surface area contributed by atoms with Crippen LogP contribution in [0.3, 0.4) is 0 Å². The Morgan fingerprint density at radius 2 is 1.92 bits per heavy atom. The summed E-state index contributed by atoms with van der Waals surface area (Å²) in [5.41, 5.74) is 8.64. The number of pyridine rings is 2. The number of nitrogens with zero attached hydrogens (tertiary/aromatic N) is 5. The number of benzene rings is 1. The zero-order valence-electron chi connectivity index (χ0n) is 21.0. The average Bonchev–Trinajstić information content (AvgIpc) is 3.34. The summed E-state index contributed by atoms with van der Waals surface area (Å²) in [7, 11) is 3.04. The number of anilines is 2. The van der Waals surface area contributed by atoms with Crippen LogP contribution in [0.5, 0.6) is 5.75 Å². The van der Waals surface area contributed by atoms with Gasteiger partial charge in [0.2, 0.25) is 5.91 Å². The fraction of sp³-hybridized carbons (Fsp3) is 0.269. The number of nitrogens with one attached hydrogen (secondary N) is 1. The number of aromatic nitrogens is 4. The summed E-state index contributed by atoms with van der Waals surface area (Å²) in [4.78, 5) is 35.3. The number of carbonyl (C=O) groups is 2. The zero-order chi connectivity index (χ0) is 26.6. The number of hydrogen-bond acceptors (Lipinski definition) is 9. The van der Waals surface area contributed by atoms with E-state index in [0.717, 1.165) is 5.39 Å². The number of nitrogens with two attached hydrogens (primary N) is 1. The number of methoxy groups -OCH3 is 2. The minimum Gasteiger partial charge on any atom is -0.497 e. The Kier molecular flexibility index (Phi) is 7.15. The third-order valence-electron chi connectivity index (χ3n) is 6.22. The molecule has 1 fully saturated rings. The van der Waals surface area contributed by atoms with E-state index < -0.39 is 6.10 Å². The smallest absolute Gasteiger partial charge is 0.256 e. The Morgan fingerprint density at radius 3 is 2.68 bits per heavy atom. The molecule has 5 rings (SSSR count). The Balaban J connectivity index is 1.43. The first-order valence-corrected chi connectivity index (χ1v) is 11.9. The van der Waals surface area contributed by atoms with E-state index in [4.69, 9.17) is 25.0 Å². The molecule has 0 aliphatic carbocycles. The summed E-state index contributed by atoms with van der Waals surface area (Å²) in [6.07, 6.45) is 2.72. The van der Waals surface area contributed by atoms with Crippen molar-refractivity contribution in [1.82, 2.24) is 24.6 Å². The van der Waals surface area contributed by atoms with Crippen LogP contribution in [-0.4, -0.2) is 77.0 Å². The maximum Gasteiger partial charge on any atom is 0.256 e. The summed E-state index contributed by atoms with van der Waals surface area (Å²) in [5, 5.41) is 8.36. The number of hydrogen-bond donors (Lipinski definition) is 2. The summed E-state index contributed by atoms with van der Waals surface area (Å²) in [6, 6.07) is 12.1. The van der Waals surface area contributed by atoms with Crippen molar-refractivity contribution in [3.8, 4) is 11.4 Å². The van der Waals surface area contributed by atoms with E-state index in [2.05, 4.69) is 15.3 Å². The standard InChI is InChI=1S/C26H27N7O5/c1-36-15-22(34)32-11-12-38-20(14-32)23-19-8-10-29-25(27)24(19)33(31-23)17-5-3-16(4-6-17)26(35)30-21-13-18(37-2)7-9-28-21/h3-10,13,20H,11-12,14-15H2,1-2H3,(H2,27,29)(H,28,30,35)/t20-/m1/s1. The molecule has 0 spiro atoms. The van der Waals surface area contributed by atoms with Gasteiger partial charge >= 0.3 is 0 Å². The lowest BCUT2D eigenvalue weighted by atomic mass is 10.1. The molecule has 3 aromatic heterocycles. The van der Waals surface area contributed by atoms with Gasteiger partial charge in [0.25, 0.3) is 5.91 Å². The molecule has 1 aromatic carbocycles. The average molecular weight is 518 g/mol. The normalized spacial score (nSPS) is 15.4. The SMILES string of the molecule is COCC(=O)N1CCO[C@@H](c2nn(-c3ccc(C(=O)Nc4cc(OC)ccn4)cc3)c3c(N)nccc23)C1. The maximum absolute atomic E-state index is 12.8. The molecule has 12 nitrogen and oxygen atoms in total. The number of nitrogen functional groups attached to an aromatic ring is 1. The second-order valence-electron chi connectivity index (χ2n) is 8.60. The second kappa shape index (κ2) is 10.8. The van der Waals surface area contributed by atoms with Crippen LogP contribution in [0.2, 0.25) is 0 Å². The van der Waals surface area contributed by atoms with E-state index in [9.17, 15) is 9.59 Å². The highest BCUT2D eigenvalue weighted by molar-refractivity contribution is 6.04. The lowest BCUT2D eigenvalue weighted by Gasteiger charge is -2.32. The summed E-state index contributed by atoms with van der Waals surface area (Å²) in [6.45, 7) is 1.21. The summed E-state index contributed by atoms with van der Waals surface area (Å²) >= 11 is 0. The highest BCUT2D eigenvalue weighted by atomic mass is 16.5. The lowest BCUT2D eigenvalue weighted by molar-refractivity contribution is -0.143. The molecule has 3 N–H and O–H groups in total. The third kappa shape index (κ3) is 4.99. The Bertz CT molecular complexity index is 1470. The number of carbonyl (C=O) groups excluding carboxylic acids is 2. The molecule has 1 atom stereocenters. The highest BCUT2D eigenvalue weighted by Crippen LogP contribution is 2.32. The van der Waals surface area contributed by atoms with Crippen molar-refractivity contribution in [2.24, 2.45) is 0 Å². The number of fused-ring (bicyclic) bond motifs is 1. The summed E-state index contributed by atoms with van der Waals surface area (Å²) < 4.78 is 17.9. The molecule has 2 amide bonds. The van der Waals surface area contributed by atoms with Crippen LogP contribution < -0.4 is 15.8 Å². The first-order chi connectivity index (χ1) is 18.5. The van der Waals surface area contributed by atoms with Crippen LogP contribution in [0.25, 0.3) is 16.6 Å². The largest absolute Gasteiger partial charge is 0.497 e. The van der Waals surface area contributed by atoms with Crippen molar-refractivity contribution < 1.29 is 23.8 Å². The van der Waals surface area contributed by atoms with E-state index in [-0.39, 0.29) is 18.4 Å². The van der Waals surface area contributed by atoms with Crippen LogP contribution in [-0.2, 0) is 14.3 Å². The highest BCUT2D eigenvalue weighted by Gasteiger charge is 2.30. The molecule has 1 aliphatic rings. The van der Waals surface area contributed by atoms with E-state index >= 15 is 0 Å². The second-order valence-corrected chi connectivity index (χ2v) is 8.60.